The Balaban J connectivity index is 2.75. The highest BCUT2D eigenvalue weighted by molar-refractivity contribution is 9.10. The van der Waals surface area contributed by atoms with E-state index in [0.717, 1.165) is 10.0 Å². The Labute approximate surface area is 135 Å². The number of ether oxygens (including phenoxy) is 1. The van der Waals surface area contributed by atoms with Crippen LogP contribution in [0.25, 0.3) is 0 Å². The van der Waals surface area contributed by atoms with Crippen molar-refractivity contribution in [1.82, 2.24) is 5.32 Å². The number of halogens is 1. The van der Waals surface area contributed by atoms with E-state index in [1.165, 1.54) is 0 Å². The van der Waals surface area contributed by atoms with Crippen LogP contribution in [0.1, 0.15) is 33.3 Å². The number of carbonyl (C=O) groups excluding carboxylic acids is 1. The van der Waals surface area contributed by atoms with Crippen molar-refractivity contribution in [1.29, 1.82) is 0 Å². The van der Waals surface area contributed by atoms with Gasteiger partial charge in [-0.25, -0.2) is 0 Å². The van der Waals surface area contributed by atoms with Crippen LogP contribution in [0.5, 0.6) is 5.75 Å². The van der Waals surface area contributed by atoms with Crippen molar-refractivity contribution in [3.05, 3.63) is 28.2 Å². The van der Waals surface area contributed by atoms with Crippen molar-refractivity contribution in [3.8, 4) is 5.75 Å². The predicted molar refractivity (Wildman–Crippen MR) is 89.4 cm³/mol. The smallest absolute Gasteiger partial charge is 0.261 e. The highest BCUT2D eigenvalue weighted by Crippen LogP contribution is 2.27. The quantitative estimate of drug-likeness (QED) is 0.823. The lowest BCUT2D eigenvalue weighted by molar-refractivity contribution is -0.129. The fourth-order valence-corrected chi connectivity index (χ4v) is 2.35. The van der Waals surface area contributed by atoms with Gasteiger partial charge >= 0.3 is 0 Å². The Morgan fingerprint density at radius 3 is 2.52 bits per heavy atom. The van der Waals surface area contributed by atoms with Crippen LogP contribution in [0.3, 0.4) is 0 Å². The molecule has 0 radical (unpaired) electrons. The van der Waals surface area contributed by atoms with Crippen molar-refractivity contribution in [2.24, 2.45) is 11.7 Å². The zero-order chi connectivity index (χ0) is 16.2. The largest absolute Gasteiger partial charge is 0.480 e. The molecule has 0 spiro atoms. The molecule has 3 N–H and O–H groups in total. The van der Waals surface area contributed by atoms with Gasteiger partial charge in [-0.1, -0.05) is 19.9 Å². The maximum atomic E-state index is 12.3. The van der Waals surface area contributed by atoms with Gasteiger partial charge in [0.2, 0.25) is 0 Å². The molecule has 0 bridgehead atoms. The molecule has 0 aromatic heterocycles. The summed E-state index contributed by atoms with van der Waals surface area (Å²) >= 11 is 3.45. The Bertz CT molecular complexity index is 505. The summed E-state index contributed by atoms with van der Waals surface area (Å²) in [7, 11) is 0. The average Bonchev–Trinajstić information content (AvgIpc) is 2.41. The van der Waals surface area contributed by atoms with Gasteiger partial charge in [-0.3, -0.25) is 4.79 Å². The number of nitrogens with one attached hydrogen (secondary N) is 1. The van der Waals surface area contributed by atoms with Crippen LogP contribution < -0.4 is 15.8 Å². The molecular weight excluding hydrogens is 332 g/mol. The van der Waals surface area contributed by atoms with Crippen molar-refractivity contribution in [2.75, 3.05) is 6.54 Å². The Kier molecular flexibility index (Phi) is 6.23. The second-order valence-electron chi connectivity index (χ2n) is 5.96. The maximum Gasteiger partial charge on any atom is 0.261 e. The van der Waals surface area contributed by atoms with Crippen molar-refractivity contribution < 1.29 is 9.53 Å². The monoisotopic (exact) mass is 356 g/mol. The molecule has 0 aliphatic carbocycles. The van der Waals surface area contributed by atoms with Gasteiger partial charge in [-0.05, 0) is 60.3 Å². The van der Waals surface area contributed by atoms with Crippen LogP contribution in [0.4, 0.5) is 0 Å². The third-order valence-electron chi connectivity index (χ3n) is 3.87. The SMILES string of the molecule is Cc1ccc(OC(C)C(=O)NC(C)(CN)C(C)C)c(Br)c1. The molecule has 2 atom stereocenters. The van der Waals surface area contributed by atoms with Gasteiger partial charge in [0.1, 0.15) is 5.75 Å². The summed E-state index contributed by atoms with van der Waals surface area (Å²) in [5.41, 5.74) is 6.48. The van der Waals surface area contributed by atoms with E-state index in [4.69, 9.17) is 10.5 Å². The lowest BCUT2D eigenvalue weighted by atomic mass is 9.88. The van der Waals surface area contributed by atoms with E-state index in [2.05, 4.69) is 21.2 Å². The average molecular weight is 357 g/mol. The van der Waals surface area contributed by atoms with Crippen molar-refractivity contribution in [3.63, 3.8) is 0 Å². The number of hydrogen-bond donors (Lipinski definition) is 2. The summed E-state index contributed by atoms with van der Waals surface area (Å²) < 4.78 is 6.57. The highest BCUT2D eigenvalue weighted by Gasteiger charge is 2.30. The molecule has 21 heavy (non-hydrogen) atoms. The van der Waals surface area contributed by atoms with Crippen LogP contribution >= 0.6 is 15.9 Å². The molecule has 0 heterocycles. The van der Waals surface area contributed by atoms with E-state index in [9.17, 15) is 4.79 Å². The number of carbonyl (C=O) groups is 1. The second-order valence-corrected chi connectivity index (χ2v) is 6.81. The first-order valence-electron chi connectivity index (χ1n) is 7.14. The molecule has 0 aliphatic rings. The van der Waals surface area contributed by atoms with Crippen LogP contribution in [-0.4, -0.2) is 24.1 Å². The molecule has 5 heteroatoms. The van der Waals surface area contributed by atoms with Gasteiger partial charge in [-0.15, -0.1) is 0 Å². The topological polar surface area (TPSA) is 64.3 Å². The minimum atomic E-state index is -0.589. The van der Waals surface area contributed by atoms with E-state index in [1.54, 1.807) is 6.92 Å². The first-order chi connectivity index (χ1) is 9.69. The van der Waals surface area contributed by atoms with Crippen LogP contribution in [0.15, 0.2) is 22.7 Å². The summed E-state index contributed by atoms with van der Waals surface area (Å²) in [5.74, 6) is 0.733. The van der Waals surface area contributed by atoms with Crippen molar-refractivity contribution >= 4 is 21.8 Å². The summed E-state index contributed by atoms with van der Waals surface area (Å²) in [6, 6.07) is 5.76. The summed E-state index contributed by atoms with van der Waals surface area (Å²) in [4.78, 5) is 12.3. The fraction of sp³-hybridized carbons (Fsp3) is 0.562. The standard InChI is InChI=1S/C16H25BrN2O2/c1-10(2)16(5,9-18)19-15(20)12(4)21-14-7-6-11(3)8-13(14)17/h6-8,10,12H,9,18H2,1-5H3,(H,19,20). The number of aryl methyl sites for hydroxylation is 1. The van der Waals surface area contributed by atoms with Crippen LogP contribution in [-0.2, 0) is 4.79 Å². The molecule has 1 aromatic carbocycles. The van der Waals surface area contributed by atoms with E-state index in [0.29, 0.717) is 12.3 Å². The molecule has 1 aromatic rings. The molecule has 0 saturated carbocycles. The molecule has 4 nitrogen and oxygen atoms in total. The van der Waals surface area contributed by atoms with E-state index in [1.807, 2.05) is 45.9 Å². The van der Waals surface area contributed by atoms with E-state index < -0.39 is 11.6 Å². The van der Waals surface area contributed by atoms with Gasteiger partial charge in [-0.2, -0.15) is 0 Å². The van der Waals surface area contributed by atoms with Crippen LogP contribution in [0.2, 0.25) is 0 Å². The number of amides is 1. The molecular formula is C16H25BrN2O2. The van der Waals surface area contributed by atoms with Crippen molar-refractivity contribution in [2.45, 2.75) is 46.3 Å². The molecule has 1 amide bonds. The summed E-state index contributed by atoms with van der Waals surface area (Å²) in [5, 5.41) is 2.99. The van der Waals surface area contributed by atoms with Crippen LogP contribution in [0, 0.1) is 12.8 Å². The number of benzene rings is 1. The number of hydrogen-bond acceptors (Lipinski definition) is 3. The number of nitrogens with two attached hydrogens (primary N) is 1. The molecule has 0 aliphatic heterocycles. The summed E-state index contributed by atoms with van der Waals surface area (Å²) in [6.45, 7) is 10.1. The number of rotatable bonds is 6. The lowest BCUT2D eigenvalue weighted by Crippen LogP contribution is -2.57. The third kappa shape index (κ3) is 4.71. The molecule has 118 valence electrons. The minimum Gasteiger partial charge on any atom is -0.480 e. The third-order valence-corrected chi connectivity index (χ3v) is 4.49. The van der Waals surface area contributed by atoms with Gasteiger partial charge < -0.3 is 15.8 Å². The Hall–Kier alpha value is -1.07. The molecule has 1 rings (SSSR count). The first-order valence-corrected chi connectivity index (χ1v) is 7.94. The van der Waals surface area contributed by atoms with Gasteiger partial charge in [0.15, 0.2) is 6.10 Å². The second kappa shape index (κ2) is 7.27. The highest BCUT2D eigenvalue weighted by atomic mass is 79.9. The van der Waals surface area contributed by atoms with Gasteiger partial charge in [0, 0.05) is 6.54 Å². The normalized spacial score (nSPS) is 15.4. The Morgan fingerprint density at radius 2 is 2.05 bits per heavy atom. The molecule has 2 unspecified atom stereocenters. The first kappa shape index (κ1) is 18.0. The molecule has 0 fully saturated rings. The maximum absolute atomic E-state index is 12.3. The molecule has 0 saturated heterocycles. The van der Waals surface area contributed by atoms with Gasteiger partial charge in [0.25, 0.3) is 5.91 Å². The Morgan fingerprint density at radius 1 is 1.43 bits per heavy atom. The lowest BCUT2D eigenvalue weighted by Gasteiger charge is -2.34. The zero-order valence-corrected chi connectivity index (χ0v) is 15.0. The predicted octanol–water partition coefficient (Wildman–Crippen LogP) is 3.01. The summed E-state index contributed by atoms with van der Waals surface area (Å²) in [6.07, 6.45) is -0.589. The van der Waals surface area contributed by atoms with Gasteiger partial charge in [0.05, 0.1) is 10.0 Å². The minimum absolute atomic E-state index is 0.163. The van der Waals surface area contributed by atoms with E-state index >= 15 is 0 Å². The van der Waals surface area contributed by atoms with E-state index in [-0.39, 0.29) is 11.8 Å². The zero-order valence-electron chi connectivity index (χ0n) is 13.4. The fourth-order valence-electron chi connectivity index (χ4n) is 1.76.